The van der Waals surface area contributed by atoms with Crippen LogP contribution >= 0.6 is 0 Å². The number of carboxylic acids is 1. The normalized spacial score (nSPS) is 24.2. The van der Waals surface area contributed by atoms with Crippen molar-refractivity contribution in [3.8, 4) is 0 Å². The summed E-state index contributed by atoms with van der Waals surface area (Å²) in [7, 11) is 0. The summed E-state index contributed by atoms with van der Waals surface area (Å²) in [6, 6.07) is 9.90. The first-order valence-electron chi connectivity index (χ1n) is 7.13. The summed E-state index contributed by atoms with van der Waals surface area (Å²) in [6.45, 7) is 4.01. The third kappa shape index (κ3) is 2.26. The van der Waals surface area contributed by atoms with Crippen LogP contribution in [-0.2, 0) is 14.3 Å². The first-order chi connectivity index (χ1) is 10.5. The maximum absolute atomic E-state index is 11.8. The van der Waals surface area contributed by atoms with Crippen LogP contribution in [0.3, 0.4) is 0 Å². The standard InChI is InChI=1S/C18H16O4/c1-10-11(2)16-13(9-15(17(19)20)18(21)22-16)8-14(10)12-6-4-3-5-7-12/h3-9,11,16H,1-2H3,(H,19,20). The van der Waals surface area contributed by atoms with Crippen LogP contribution in [0.4, 0.5) is 0 Å². The number of carbonyl (C=O) groups is 2. The van der Waals surface area contributed by atoms with Gasteiger partial charge in [-0.05, 0) is 35.8 Å². The second kappa shape index (κ2) is 5.30. The van der Waals surface area contributed by atoms with Crippen LogP contribution in [0.2, 0.25) is 0 Å². The summed E-state index contributed by atoms with van der Waals surface area (Å²) in [5, 5.41) is 9.09. The van der Waals surface area contributed by atoms with Crippen molar-refractivity contribution >= 4 is 17.5 Å². The highest BCUT2D eigenvalue weighted by Crippen LogP contribution is 2.39. The molecule has 1 aliphatic heterocycles. The van der Waals surface area contributed by atoms with Gasteiger partial charge in [0, 0.05) is 5.92 Å². The average Bonchev–Trinajstić information content (AvgIpc) is 2.51. The van der Waals surface area contributed by atoms with Crippen molar-refractivity contribution in [1.29, 1.82) is 0 Å². The lowest BCUT2D eigenvalue weighted by Crippen LogP contribution is -2.35. The van der Waals surface area contributed by atoms with Crippen molar-refractivity contribution in [3.05, 3.63) is 64.8 Å². The monoisotopic (exact) mass is 296 g/mol. The number of allylic oxidation sites excluding steroid dienone is 2. The molecular formula is C18H16O4. The molecule has 0 aromatic heterocycles. The van der Waals surface area contributed by atoms with Crippen LogP contribution in [0.5, 0.6) is 0 Å². The van der Waals surface area contributed by atoms with Crippen molar-refractivity contribution in [2.75, 3.05) is 0 Å². The van der Waals surface area contributed by atoms with E-state index in [0.717, 1.165) is 22.3 Å². The number of carboxylic acid groups (broad SMARTS) is 1. The molecule has 0 amide bonds. The molecule has 2 atom stereocenters. The molecule has 4 heteroatoms. The Kier molecular flexibility index (Phi) is 3.45. The molecule has 4 nitrogen and oxygen atoms in total. The average molecular weight is 296 g/mol. The van der Waals surface area contributed by atoms with Crippen molar-refractivity contribution in [2.45, 2.75) is 20.0 Å². The lowest BCUT2D eigenvalue weighted by atomic mass is 9.79. The Hall–Kier alpha value is -2.62. The minimum absolute atomic E-state index is 0.00533. The second-order valence-corrected chi connectivity index (χ2v) is 5.58. The van der Waals surface area contributed by atoms with Crippen molar-refractivity contribution in [3.63, 3.8) is 0 Å². The number of fused-ring (bicyclic) bond motifs is 1. The zero-order valence-corrected chi connectivity index (χ0v) is 12.4. The minimum atomic E-state index is -1.26. The van der Waals surface area contributed by atoms with Gasteiger partial charge in [-0.3, -0.25) is 0 Å². The number of rotatable bonds is 2. The summed E-state index contributed by atoms with van der Waals surface area (Å²) in [4.78, 5) is 22.9. The molecule has 0 spiro atoms. The number of benzene rings is 1. The topological polar surface area (TPSA) is 63.6 Å². The molecule has 0 fully saturated rings. The zero-order chi connectivity index (χ0) is 15.9. The predicted octanol–water partition coefficient (Wildman–Crippen LogP) is 2.97. The fourth-order valence-corrected chi connectivity index (χ4v) is 2.90. The van der Waals surface area contributed by atoms with E-state index in [4.69, 9.17) is 9.84 Å². The molecule has 1 heterocycles. The second-order valence-electron chi connectivity index (χ2n) is 5.58. The summed E-state index contributed by atoms with van der Waals surface area (Å²) >= 11 is 0. The van der Waals surface area contributed by atoms with Gasteiger partial charge in [-0.15, -0.1) is 0 Å². The molecule has 1 aromatic rings. The Bertz CT molecular complexity index is 738. The van der Waals surface area contributed by atoms with Crippen LogP contribution in [0.1, 0.15) is 19.4 Å². The molecule has 1 aliphatic carbocycles. The lowest BCUT2D eigenvalue weighted by molar-refractivity contribution is -0.149. The maximum atomic E-state index is 11.8. The number of aliphatic carboxylic acids is 1. The van der Waals surface area contributed by atoms with Crippen molar-refractivity contribution in [2.24, 2.45) is 5.92 Å². The van der Waals surface area contributed by atoms with E-state index >= 15 is 0 Å². The van der Waals surface area contributed by atoms with Crippen LogP contribution in [0, 0.1) is 5.92 Å². The summed E-state index contributed by atoms with van der Waals surface area (Å²) in [5.74, 6) is -2.02. The Balaban J connectivity index is 2.12. The molecular weight excluding hydrogens is 280 g/mol. The van der Waals surface area contributed by atoms with Gasteiger partial charge in [0.15, 0.2) is 0 Å². The quantitative estimate of drug-likeness (QED) is 0.673. The van der Waals surface area contributed by atoms with Gasteiger partial charge in [-0.2, -0.15) is 0 Å². The van der Waals surface area contributed by atoms with E-state index in [1.807, 2.05) is 50.3 Å². The molecule has 112 valence electrons. The van der Waals surface area contributed by atoms with Crippen LogP contribution in [-0.4, -0.2) is 23.1 Å². The highest BCUT2D eigenvalue weighted by molar-refractivity contribution is 6.14. The lowest BCUT2D eigenvalue weighted by Gasteiger charge is -2.34. The SMILES string of the molecule is CC1=C(c2ccccc2)C=C2C=C(C(=O)O)C(=O)OC2C1C. The Labute approximate surface area is 128 Å². The fraction of sp³-hybridized carbons (Fsp3) is 0.222. The van der Waals surface area contributed by atoms with Gasteiger partial charge < -0.3 is 9.84 Å². The number of esters is 1. The van der Waals surface area contributed by atoms with E-state index in [9.17, 15) is 9.59 Å². The number of carbonyl (C=O) groups excluding carboxylic acids is 1. The molecule has 2 aliphatic rings. The Morgan fingerprint density at radius 2 is 1.86 bits per heavy atom. The molecule has 0 bridgehead atoms. The maximum Gasteiger partial charge on any atom is 0.346 e. The van der Waals surface area contributed by atoms with E-state index in [1.165, 1.54) is 6.08 Å². The number of ether oxygens (including phenoxy) is 1. The van der Waals surface area contributed by atoms with Gasteiger partial charge in [-0.1, -0.05) is 42.8 Å². The van der Waals surface area contributed by atoms with E-state index < -0.39 is 18.0 Å². The molecule has 0 saturated heterocycles. The highest BCUT2D eigenvalue weighted by atomic mass is 16.5. The van der Waals surface area contributed by atoms with Gasteiger partial charge in [0.2, 0.25) is 0 Å². The van der Waals surface area contributed by atoms with Gasteiger partial charge in [0.25, 0.3) is 0 Å². The smallest absolute Gasteiger partial charge is 0.346 e. The summed E-state index contributed by atoms with van der Waals surface area (Å²) in [6.07, 6.45) is 2.94. The zero-order valence-electron chi connectivity index (χ0n) is 12.4. The summed E-state index contributed by atoms with van der Waals surface area (Å²) < 4.78 is 5.34. The van der Waals surface area contributed by atoms with Crippen molar-refractivity contribution < 1.29 is 19.4 Å². The third-order valence-electron chi connectivity index (χ3n) is 4.28. The first kappa shape index (κ1) is 14.3. The van der Waals surface area contributed by atoms with Crippen LogP contribution < -0.4 is 0 Å². The minimum Gasteiger partial charge on any atom is -0.477 e. The predicted molar refractivity (Wildman–Crippen MR) is 81.9 cm³/mol. The largest absolute Gasteiger partial charge is 0.477 e. The summed E-state index contributed by atoms with van der Waals surface area (Å²) in [5.41, 5.74) is 3.66. The van der Waals surface area contributed by atoms with E-state index in [-0.39, 0.29) is 11.5 Å². The van der Waals surface area contributed by atoms with E-state index in [0.29, 0.717) is 0 Å². The number of hydrogen-bond donors (Lipinski definition) is 1. The van der Waals surface area contributed by atoms with Gasteiger partial charge in [0.05, 0.1) is 0 Å². The Morgan fingerprint density at radius 1 is 1.18 bits per heavy atom. The van der Waals surface area contributed by atoms with Gasteiger partial charge >= 0.3 is 11.9 Å². The Morgan fingerprint density at radius 3 is 2.50 bits per heavy atom. The number of hydrogen-bond acceptors (Lipinski definition) is 3. The molecule has 0 saturated carbocycles. The molecule has 3 rings (SSSR count). The molecule has 0 radical (unpaired) electrons. The van der Waals surface area contributed by atoms with Crippen LogP contribution in [0.25, 0.3) is 5.57 Å². The van der Waals surface area contributed by atoms with Crippen molar-refractivity contribution in [1.82, 2.24) is 0 Å². The highest BCUT2D eigenvalue weighted by Gasteiger charge is 2.37. The first-order valence-corrected chi connectivity index (χ1v) is 7.13. The van der Waals surface area contributed by atoms with E-state index in [2.05, 4.69) is 0 Å². The third-order valence-corrected chi connectivity index (χ3v) is 4.28. The van der Waals surface area contributed by atoms with Gasteiger partial charge in [0.1, 0.15) is 11.7 Å². The molecule has 1 N–H and O–H groups in total. The van der Waals surface area contributed by atoms with E-state index in [1.54, 1.807) is 0 Å². The van der Waals surface area contributed by atoms with Crippen LogP contribution in [0.15, 0.2) is 59.2 Å². The van der Waals surface area contributed by atoms with Gasteiger partial charge in [-0.25, -0.2) is 9.59 Å². The fourth-order valence-electron chi connectivity index (χ4n) is 2.90. The molecule has 1 aromatic carbocycles. The molecule has 22 heavy (non-hydrogen) atoms. The molecule has 2 unspecified atom stereocenters.